The molecule has 5 nitrogen and oxygen atoms in total. The van der Waals surface area contributed by atoms with Crippen molar-refractivity contribution in [2.24, 2.45) is 0 Å². The number of nitrogens with one attached hydrogen (secondary N) is 2. The molecule has 2 N–H and O–H groups in total. The second-order valence-electron chi connectivity index (χ2n) is 4.41. The van der Waals surface area contributed by atoms with Gasteiger partial charge in [0, 0.05) is 36.3 Å². The van der Waals surface area contributed by atoms with Crippen LogP contribution in [0.3, 0.4) is 0 Å². The smallest absolute Gasteiger partial charge is 0.313 e. The number of carbonyl (C=O) groups is 2. The van der Waals surface area contributed by atoms with Gasteiger partial charge >= 0.3 is 11.8 Å². The molecule has 0 unspecified atom stereocenters. The van der Waals surface area contributed by atoms with E-state index in [1.807, 2.05) is 19.1 Å². The van der Waals surface area contributed by atoms with Crippen molar-refractivity contribution >= 4 is 33.4 Å². The van der Waals surface area contributed by atoms with Gasteiger partial charge in [0.2, 0.25) is 0 Å². The molecule has 2 amide bonds. The summed E-state index contributed by atoms with van der Waals surface area (Å²) < 4.78 is 0.903. The summed E-state index contributed by atoms with van der Waals surface area (Å²) in [6.45, 7) is 4.49. The summed E-state index contributed by atoms with van der Waals surface area (Å²) in [6.07, 6.45) is 0. The Morgan fingerprint density at radius 2 is 2.00 bits per heavy atom. The quantitative estimate of drug-likeness (QED) is 0.761. The molecule has 0 radical (unpaired) electrons. The first kappa shape index (κ1) is 14.0. The molecule has 102 valence electrons. The van der Waals surface area contributed by atoms with E-state index in [1.54, 1.807) is 11.0 Å². The summed E-state index contributed by atoms with van der Waals surface area (Å²) in [5.74, 6) is -1.05. The molecule has 6 heteroatoms. The predicted octanol–water partition coefficient (Wildman–Crippen LogP) is 1.13. The molecular formula is C13H16BrN3O2. The lowest BCUT2D eigenvalue weighted by Crippen LogP contribution is -2.49. The fourth-order valence-electron chi connectivity index (χ4n) is 1.93. The second kappa shape index (κ2) is 6.16. The average Bonchev–Trinajstić information content (AvgIpc) is 2.44. The van der Waals surface area contributed by atoms with Crippen LogP contribution in [0.1, 0.15) is 5.56 Å². The molecule has 1 saturated heterocycles. The summed E-state index contributed by atoms with van der Waals surface area (Å²) in [5, 5.41) is 5.81. The predicted molar refractivity (Wildman–Crippen MR) is 77.0 cm³/mol. The van der Waals surface area contributed by atoms with Crippen LogP contribution in [0.25, 0.3) is 0 Å². The van der Waals surface area contributed by atoms with Gasteiger partial charge in [0.05, 0.1) is 0 Å². The van der Waals surface area contributed by atoms with Crippen LogP contribution in [-0.4, -0.2) is 42.9 Å². The Balaban J connectivity index is 2.04. The molecule has 19 heavy (non-hydrogen) atoms. The van der Waals surface area contributed by atoms with Gasteiger partial charge in [-0.05, 0) is 24.6 Å². The van der Waals surface area contributed by atoms with Crippen molar-refractivity contribution in [1.29, 1.82) is 0 Å². The van der Waals surface area contributed by atoms with Crippen molar-refractivity contribution in [2.75, 3.05) is 31.5 Å². The number of anilines is 1. The first-order valence-corrected chi connectivity index (χ1v) is 6.95. The maximum atomic E-state index is 12.0. The minimum atomic E-state index is -0.580. The van der Waals surface area contributed by atoms with Crippen molar-refractivity contribution in [1.82, 2.24) is 10.2 Å². The molecular weight excluding hydrogens is 310 g/mol. The van der Waals surface area contributed by atoms with Crippen LogP contribution < -0.4 is 10.6 Å². The summed E-state index contributed by atoms with van der Waals surface area (Å²) >= 11 is 3.39. The van der Waals surface area contributed by atoms with Gasteiger partial charge in [-0.1, -0.05) is 22.0 Å². The van der Waals surface area contributed by atoms with Gasteiger partial charge in [-0.2, -0.15) is 0 Å². The molecule has 0 bridgehead atoms. The van der Waals surface area contributed by atoms with Crippen LogP contribution in [0.2, 0.25) is 0 Å². The van der Waals surface area contributed by atoms with E-state index in [-0.39, 0.29) is 0 Å². The molecule has 2 rings (SSSR count). The van der Waals surface area contributed by atoms with Crippen LogP contribution >= 0.6 is 15.9 Å². The maximum Gasteiger partial charge on any atom is 0.313 e. The van der Waals surface area contributed by atoms with Crippen molar-refractivity contribution in [2.45, 2.75) is 6.92 Å². The third-order valence-electron chi connectivity index (χ3n) is 3.11. The Morgan fingerprint density at radius 1 is 1.32 bits per heavy atom. The fraction of sp³-hybridized carbons (Fsp3) is 0.385. The molecule has 0 aromatic heterocycles. The Kier molecular flexibility index (Phi) is 4.55. The van der Waals surface area contributed by atoms with E-state index in [4.69, 9.17) is 0 Å². The van der Waals surface area contributed by atoms with Gasteiger partial charge in [0.15, 0.2) is 0 Å². The number of benzene rings is 1. The summed E-state index contributed by atoms with van der Waals surface area (Å²) in [5.41, 5.74) is 1.56. The summed E-state index contributed by atoms with van der Waals surface area (Å²) in [7, 11) is 0. The average molecular weight is 326 g/mol. The van der Waals surface area contributed by atoms with Crippen LogP contribution in [0.15, 0.2) is 22.7 Å². The number of halogens is 1. The molecule has 1 fully saturated rings. The minimum absolute atomic E-state index is 0.471. The zero-order valence-electron chi connectivity index (χ0n) is 10.7. The van der Waals surface area contributed by atoms with Crippen molar-refractivity contribution in [3.8, 4) is 0 Å². The Morgan fingerprint density at radius 3 is 2.68 bits per heavy atom. The van der Waals surface area contributed by atoms with Gasteiger partial charge in [0.1, 0.15) is 0 Å². The highest BCUT2D eigenvalue weighted by Gasteiger charge is 2.23. The van der Waals surface area contributed by atoms with E-state index in [0.29, 0.717) is 18.8 Å². The molecule has 1 aromatic carbocycles. The highest BCUT2D eigenvalue weighted by Crippen LogP contribution is 2.23. The largest absolute Gasteiger partial charge is 0.332 e. The number of carbonyl (C=O) groups excluding carboxylic acids is 2. The molecule has 1 aliphatic heterocycles. The molecule has 1 aromatic rings. The zero-order valence-corrected chi connectivity index (χ0v) is 12.3. The lowest BCUT2D eigenvalue weighted by atomic mass is 10.2. The number of nitrogens with zero attached hydrogens (tertiary/aromatic N) is 1. The third kappa shape index (κ3) is 3.33. The van der Waals surface area contributed by atoms with Crippen LogP contribution in [0.5, 0.6) is 0 Å². The standard InChI is InChI=1S/C13H16BrN3O2/c1-9-10(14)3-2-4-11(9)16-12(18)13(19)17-7-5-15-6-8-17/h2-4,15H,5-8H2,1H3,(H,16,18). The number of hydrogen-bond acceptors (Lipinski definition) is 3. The Hall–Kier alpha value is -1.40. The van der Waals surface area contributed by atoms with E-state index in [1.165, 1.54) is 0 Å². The van der Waals surface area contributed by atoms with Crippen molar-refractivity contribution < 1.29 is 9.59 Å². The van der Waals surface area contributed by atoms with Gasteiger partial charge in [-0.3, -0.25) is 9.59 Å². The molecule has 1 aliphatic rings. The number of rotatable bonds is 1. The Labute approximate surface area is 120 Å². The number of hydrogen-bond donors (Lipinski definition) is 2. The summed E-state index contributed by atoms with van der Waals surface area (Å²) in [6, 6.07) is 5.49. The molecule has 0 saturated carbocycles. The zero-order chi connectivity index (χ0) is 13.8. The monoisotopic (exact) mass is 325 g/mol. The van der Waals surface area contributed by atoms with Crippen molar-refractivity contribution in [3.05, 3.63) is 28.2 Å². The first-order valence-electron chi connectivity index (χ1n) is 6.15. The highest BCUT2D eigenvalue weighted by molar-refractivity contribution is 9.10. The van der Waals surface area contributed by atoms with E-state index in [0.717, 1.165) is 23.1 Å². The van der Waals surface area contributed by atoms with E-state index in [9.17, 15) is 9.59 Å². The minimum Gasteiger partial charge on any atom is -0.332 e. The van der Waals surface area contributed by atoms with Crippen LogP contribution in [0.4, 0.5) is 5.69 Å². The van der Waals surface area contributed by atoms with E-state index < -0.39 is 11.8 Å². The molecule has 0 spiro atoms. The third-order valence-corrected chi connectivity index (χ3v) is 3.97. The topological polar surface area (TPSA) is 61.4 Å². The molecule has 0 atom stereocenters. The lowest BCUT2D eigenvalue weighted by Gasteiger charge is -2.26. The number of piperazine rings is 1. The summed E-state index contributed by atoms with van der Waals surface area (Å²) in [4.78, 5) is 25.5. The van der Waals surface area contributed by atoms with E-state index >= 15 is 0 Å². The van der Waals surface area contributed by atoms with Crippen LogP contribution in [-0.2, 0) is 9.59 Å². The number of amides is 2. The highest BCUT2D eigenvalue weighted by atomic mass is 79.9. The second-order valence-corrected chi connectivity index (χ2v) is 5.26. The maximum absolute atomic E-state index is 12.0. The van der Waals surface area contributed by atoms with Crippen molar-refractivity contribution in [3.63, 3.8) is 0 Å². The van der Waals surface area contributed by atoms with Crippen LogP contribution in [0, 0.1) is 6.92 Å². The molecule has 0 aliphatic carbocycles. The first-order chi connectivity index (χ1) is 9.09. The lowest BCUT2D eigenvalue weighted by molar-refractivity contribution is -0.143. The van der Waals surface area contributed by atoms with Gasteiger partial charge in [-0.15, -0.1) is 0 Å². The normalized spacial score (nSPS) is 15.2. The van der Waals surface area contributed by atoms with Gasteiger partial charge in [0.25, 0.3) is 0 Å². The SMILES string of the molecule is Cc1c(Br)cccc1NC(=O)C(=O)N1CCNCC1. The Bertz CT molecular complexity index is 499. The molecule has 1 heterocycles. The fourth-order valence-corrected chi connectivity index (χ4v) is 2.30. The van der Waals surface area contributed by atoms with E-state index in [2.05, 4.69) is 26.6 Å². The van der Waals surface area contributed by atoms with Gasteiger partial charge in [-0.25, -0.2) is 0 Å². The van der Waals surface area contributed by atoms with Gasteiger partial charge < -0.3 is 15.5 Å².